The molecule has 200 valence electrons. The van der Waals surface area contributed by atoms with E-state index in [4.69, 9.17) is 4.74 Å². The van der Waals surface area contributed by atoms with Crippen molar-refractivity contribution < 1.29 is 18.3 Å². The van der Waals surface area contributed by atoms with Gasteiger partial charge in [-0.3, -0.25) is 0 Å². The molecule has 0 saturated heterocycles. The Morgan fingerprint density at radius 1 is 1.11 bits per heavy atom. The van der Waals surface area contributed by atoms with E-state index < -0.39 is 23.7 Å². The second kappa shape index (κ2) is 10.9. The third-order valence-electron chi connectivity index (χ3n) is 5.81. The van der Waals surface area contributed by atoms with Gasteiger partial charge in [0.05, 0.1) is 23.7 Å². The monoisotopic (exact) mass is 550 g/mol. The van der Waals surface area contributed by atoms with E-state index in [-0.39, 0.29) is 5.75 Å². The van der Waals surface area contributed by atoms with Crippen LogP contribution in [0.1, 0.15) is 25.1 Å². The lowest BCUT2D eigenvalue weighted by Crippen LogP contribution is -2.22. The molecule has 0 aliphatic rings. The largest absolute Gasteiger partial charge is 0.378 e. The fourth-order valence-electron chi connectivity index (χ4n) is 3.81. The molecule has 1 N–H and O–H groups in total. The Morgan fingerprint density at radius 3 is 2.53 bits per heavy atom. The Labute approximate surface area is 225 Å². The van der Waals surface area contributed by atoms with Gasteiger partial charge in [0.2, 0.25) is 10.0 Å². The minimum Gasteiger partial charge on any atom is -0.378 e. The highest BCUT2D eigenvalue weighted by Gasteiger charge is 2.22. The Hall–Kier alpha value is -3.23. The summed E-state index contributed by atoms with van der Waals surface area (Å²) < 4.78 is 35.8. The van der Waals surface area contributed by atoms with E-state index in [0.717, 1.165) is 11.6 Å². The Bertz CT molecular complexity index is 1580. The van der Waals surface area contributed by atoms with Crippen LogP contribution < -0.4 is 0 Å². The van der Waals surface area contributed by atoms with Crippen molar-refractivity contribution in [3.8, 4) is 23.0 Å². The summed E-state index contributed by atoms with van der Waals surface area (Å²) in [7, 11) is -4.94. The van der Waals surface area contributed by atoms with E-state index in [9.17, 15) is 13.5 Å². The van der Waals surface area contributed by atoms with Crippen LogP contribution in [-0.2, 0) is 27.2 Å². The zero-order valence-corrected chi connectivity index (χ0v) is 24.3. The lowest BCUT2D eigenvalue weighted by Gasteiger charge is -2.15. The zero-order chi connectivity index (χ0) is 27.6. The molecule has 3 heterocycles. The average Bonchev–Trinajstić information content (AvgIpc) is 3.44. The molecule has 0 saturated carbocycles. The van der Waals surface area contributed by atoms with E-state index >= 15 is 0 Å². The number of hydrogen-bond acceptors (Lipinski definition) is 6. The topological polar surface area (TPSA) is 99.2 Å². The Morgan fingerprint density at radius 2 is 1.84 bits per heavy atom. The van der Waals surface area contributed by atoms with E-state index in [2.05, 4.69) is 41.6 Å². The number of benzene rings is 1. The highest BCUT2D eigenvalue weighted by atomic mass is 32.2. The molecule has 8 nitrogen and oxygen atoms in total. The first-order valence-corrected chi connectivity index (χ1v) is 17.8. The molecule has 0 radical (unpaired) electrons. The number of rotatable bonds is 9. The molecule has 38 heavy (non-hydrogen) atoms. The van der Waals surface area contributed by atoms with Gasteiger partial charge in [0.1, 0.15) is 18.0 Å². The molecule has 0 bridgehead atoms. The second-order valence-electron chi connectivity index (χ2n) is 11.1. The van der Waals surface area contributed by atoms with Gasteiger partial charge in [-0.15, -0.1) is 0 Å². The van der Waals surface area contributed by atoms with Crippen molar-refractivity contribution in [3.05, 3.63) is 72.4 Å². The zero-order valence-electron chi connectivity index (χ0n) is 22.5. The lowest BCUT2D eigenvalue weighted by molar-refractivity contribution is 0.0786. The predicted octanol–water partition coefficient (Wildman–Crippen LogP) is 4.71. The lowest BCUT2D eigenvalue weighted by atomic mass is 10.1. The molecule has 4 rings (SSSR count). The highest BCUT2D eigenvalue weighted by molar-refractivity contribution is 7.89. The summed E-state index contributed by atoms with van der Waals surface area (Å²) in [5.41, 5.74) is 1.84. The maximum atomic E-state index is 13.5. The number of fused-ring (bicyclic) bond motifs is 1. The van der Waals surface area contributed by atoms with E-state index in [0.29, 0.717) is 41.1 Å². The minimum absolute atomic E-state index is 0.151. The van der Waals surface area contributed by atoms with Crippen molar-refractivity contribution in [1.29, 1.82) is 0 Å². The molecule has 0 amide bonds. The van der Waals surface area contributed by atoms with Crippen LogP contribution in [0.15, 0.2) is 61.2 Å². The first-order chi connectivity index (χ1) is 17.8. The third kappa shape index (κ3) is 7.20. The molecule has 4 aromatic rings. The normalized spacial score (nSPS) is 12.5. The van der Waals surface area contributed by atoms with Crippen molar-refractivity contribution in [3.63, 3.8) is 0 Å². The Kier molecular flexibility index (Phi) is 7.95. The van der Waals surface area contributed by atoms with Gasteiger partial charge in [-0.05, 0) is 37.4 Å². The number of aliphatic hydroxyl groups is 1. The minimum atomic E-state index is -3.75. The summed E-state index contributed by atoms with van der Waals surface area (Å²) in [5.74, 6) is 5.50. The van der Waals surface area contributed by atoms with E-state index in [1.807, 2.05) is 24.4 Å². The second-order valence-corrected chi connectivity index (χ2v) is 18.6. The van der Waals surface area contributed by atoms with E-state index in [1.54, 1.807) is 49.1 Å². The molecular formula is C28H34N4O4SSi. The van der Waals surface area contributed by atoms with E-state index in [1.165, 1.54) is 10.2 Å². The van der Waals surface area contributed by atoms with Crippen molar-refractivity contribution in [2.45, 2.75) is 57.6 Å². The number of pyridine rings is 1. The molecule has 0 aliphatic heterocycles. The quantitative estimate of drug-likeness (QED) is 0.184. The van der Waals surface area contributed by atoms with Crippen LogP contribution in [0.4, 0.5) is 0 Å². The average molecular weight is 551 g/mol. The van der Waals surface area contributed by atoms with Crippen LogP contribution >= 0.6 is 0 Å². The maximum absolute atomic E-state index is 13.5. The first-order valence-electron chi connectivity index (χ1n) is 12.5. The van der Waals surface area contributed by atoms with Gasteiger partial charge < -0.3 is 9.84 Å². The summed E-state index contributed by atoms with van der Waals surface area (Å²) >= 11 is 0. The van der Waals surface area contributed by atoms with Crippen LogP contribution in [-0.4, -0.2) is 52.5 Å². The highest BCUT2D eigenvalue weighted by Crippen LogP contribution is 2.32. The Balaban J connectivity index is 1.72. The maximum Gasteiger partial charge on any atom is 0.243 e. The molecule has 0 unspecified atom stereocenters. The number of hydrogen-bond donors (Lipinski definition) is 1. The van der Waals surface area contributed by atoms with Gasteiger partial charge >= 0.3 is 0 Å². The molecule has 3 aromatic heterocycles. The molecule has 0 spiro atoms. The van der Waals surface area contributed by atoms with Crippen LogP contribution in [0.25, 0.3) is 22.0 Å². The van der Waals surface area contributed by atoms with Crippen molar-refractivity contribution in [1.82, 2.24) is 18.7 Å². The van der Waals surface area contributed by atoms with Crippen LogP contribution in [0.5, 0.6) is 0 Å². The number of nitrogens with zero attached hydrogens (tertiary/aromatic N) is 4. The predicted molar refractivity (Wildman–Crippen MR) is 153 cm³/mol. The summed E-state index contributed by atoms with van der Waals surface area (Å²) in [5, 5.41) is 15.1. The molecule has 10 heteroatoms. The number of aromatic nitrogens is 4. The molecule has 0 fully saturated rings. The van der Waals surface area contributed by atoms with Gasteiger partial charge in [0.15, 0.2) is 0 Å². The number of ether oxygens (including phenoxy) is 1. The first kappa shape index (κ1) is 27.8. The van der Waals surface area contributed by atoms with Gasteiger partial charge in [-0.1, -0.05) is 55.9 Å². The smallest absolute Gasteiger partial charge is 0.243 e. The summed E-state index contributed by atoms with van der Waals surface area (Å²) in [6, 6.07) is 11.9. The molecule has 1 aromatic carbocycles. The van der Waals surface area contributed by atoms with Crippen LogP contribution in [0, 0.1) is 11.8 Å². The molecular weight excluding hydrogens is 516 g/mol. The van der Waals surface area contributed by atoms with Crippen molar-refractivity contribution >= 4 is 29.0 Å². The SMILES string of the molecule is CC(C)(O)C#Cc1cc2c(-c3cnn(COCC[Si](C)(C)C)c3)cn(S(=O)(=O)Cc3ccccc3)c2cn1. The van der Waals surface area contributed by atoms with Gasteiger partial charge in [-0.2, -0.15) is 5.10 Å². The standard InChI is InChI=1S/C28H34N4O4SSi/c1-28(2,33)12-11-24-15-25-26(23-16-30-31(18-23)21-36-13-14-38(3,4)5)19-32(27(25)17-29-24)37(34,35)20-22-9-7-6-8-10-22/h6-10,15-19,33H,13-14,20-21H2,1-5H3. The summed E-state index contributed by atoms with van der Waals surface area (Å²) in [6.45, 7) is 11.1. The fourth-order valence-corrected chi connectivity index (χ4v) is 6.03. The van der Waals surface area contributed by atoms with Gasteiger partial charge in [-0.25, -0.2) is 22.1 Å². The summed E-state index contributed by atoms with van der Waals surface area (Å²) in [4.78, 5) is 4.37. The molecule has 0 aliphatic carbocycles. The van der Waals surface area contributed by atoms with Crippen molar-refractivity contribution in [2.24, 2.45) is 0 Å². The van der Waals surface area contributed by atoms with Crippen LogP contribution in [0.3, 0.4) is 0 Å². The van der Waals surface area contributed by atoms with Crippen molar-refractivity contribution in [2.75, 3.05) is 6.61 Å². The summed E-state index contributed by atoms with van der Waals surface area (Å²) in [6.07, 6.45) is 6.68. The fraction of sp³-hybridized carbons (Fsp3) is 0.357. The van der Waals surface area contributed by atoms with Gasteiger partial charge in [0, 0.05) is 43.6 Å². The van der Waals surface area contributed by atoms with Crippen LogP contribution in [0.2, 0.25) is 25.7 Å². The molecule has 0 atom stereocenters. The van der Waals surface area contributed by atoms with Gasteiger partial charge in [0.25, 0.3) is 0 Å². The third-order valence-corrected chi connectivity index (χ3v) is 9.11.